The molecule has 1 rings (SSSR count). The highest BCUT2D eigenvalue weighted by atomic mass is 19.4. The van der Waals surface area contributed by atoms with Crippen molar-refractivity contribution < 1.29 is 27.9 Å². The molecule has 2 N–H and O–H groups in total. The number of carbonyl (C=O) groups is 2. The van der Waals surface area contributed by atoms with E-state index < -0.39 is 36.1 Å². The van der Waals surface area contributed by atoms with Crippen molar-refractivity contribution >= 4 is 11.9 Å². The van der Waals surface area contributed by atoms with Crippen LogP contribution in [0.25, 0.3) is 0 Å². The van der Waals surface area contributed by atoms with Crippen LogP contribution >= 0.6 is 0 Å². The minimum atomic E-state index is -4.55. The minimum Gasteiger partial charge on any atom is -0.480 e. The van der Waals surface area contributed by atoms with E-state index in [-0.39, 0.29) is 11.5 Å². The lowest BCUT2D eigenvalue weighted by Gasteiger charge is -2.18. The Hall–Kier alpha value is -2.05. The molecule has 0 saturated carbocycles. The molecule has 1 aromatic carbocycles. The summed E-state index contributed by atoms with van der Waals surface area (Å²) in [5.74, 6) is -2.35. The number of hydrogen-bond acceptors (Lipinski definition) is 2. The number of aliphatic carboxylic acids is 1. The van der Waals surface area contributed by atoms with Gasteiger partial charge in [0.2, 0.25) is 5.91 Å². The van der Waals surface area contributed by atoms with Crippen LogP contribution in [0, 0.1) is 5.92 Å². The summed E-state index contributed by atoms with van der Waals surface area (Å²) < 4.78 is 38.4. The van der Waals surface area contributed by atoms with Gasteiger partial charge in [-0.25, -0.2) is 4.79 Å². The van der Waals surface area contributed by atoms with Gasteiger partial charge in [-0.2, -0.15) is 13.2 Å². The second kappa shape index (κ2) is 6.60. The fraction of sp³-hybridized carbons (Fsp3) is 0.429. The first-order valence-corrected chi connectivity index (χ1v) is 6.30. The molecule has 0 aliphatic heterocycles. The number of amides is 1. The maximum Gasteiger partial charge on any atom is 0.416 e. The topological polar surface area (TPSA) is 66.4 Å². The third-order valence-electron chi connectivity index (χ3n) is 2.92. The van der Waals surface area contributed by atoms with E-state index in [1.165, 1.54) is 18.2 Å². The number of carbonyl (C=O) groups excluding carboxylic acids is 1. The quantitative estimate of drug-likeness (QED) is 0.878. The molecule has 1 amide bonds. The summed E-state index contributed by atoms with van der Waals surface area (Å²) in [5.41, 5.74) is -1.08. The van der Waals surface area contributed by atoms with Crippen molar-refractivity contribution in [2.24, 2.45) is 5.92 Å². The SMILES string of the molecule is CC(C)[C@@H](NC(=O)Cc1ccccc1C(F)(F)F)C(=O)O. The maximum atomic E-state index is 12.8. The molecule has 0 radical (unpaired) electrons. The van der Waals surface area contributed by atoms with E-state index >= 15 is 0 Å². The van der Waals surface area contributed by atoms with Gasteiger partial charge in [0.1, 0.15) is 6.04 Å². The van der Waals surface area contributed by atoms with Crippen LogP contribution < -0.4 is 5.32 Å². The molecule has 0 aliphatic rings. The van der Waals surface area contributed by atoms with E-state index in [9.17, 15) is 22.8 Å². The van der Waals surface area contributed by atoms with Crippen LogP contribution in [0.15, 0.2) is 24.3 Å². The zero-order valence-electron chi connectivity index (χ0n) is 11.6. The number of nitrogens with one attached hydrogen (secondary N) is 1. The third kappa shape index (κ3) is 4.77. The predicted octanol–water partition coefficient (Wildman–Crippen LogP) is 2.47. The number of hydrogen-bond donors (Lipinski definition) is 2. The summed E-state index contributed by atoms with van der Waals surface area (Å²) in [6, 6.07) is 3.59. The lowest BCUT2D eigenvalue weighted by atomic mass is 10.0. The summed E-state index contributed by atoms with van der Waals surface area (Å²) in [6.07, 6.45) is -5.08. The Morgan fingerprint density at radius 2 is 1.81 bits per heavy atom. The highest BCUT2D eigenvalue weighted by molar-refractivity contribution is 5.85. The summed E-state index contributed by atoms with van der Waals surface area (Å²) >= 11 is 0. The number of carboxylic acids is 1. The van der Waals surface area contributed by atoms with Crippen molar-refractivity contribution in [3.05, 3.63) is 35.4 Å². The van der Waals surface area contributed by atoms with Gasteiger partial charge in [-0.15, -0.1) is 0 Å². The van der Waals surface area contributed by atoms with Crippen LogP contribution in [0.5, 0.6) is 0 Å². The summed E-state index contributed by atoms with van der Waals surface area (Å²) in [6.45, 7) is 3.20. The number of halogens is 3. The van der Waals surface area contributed by atoms with Crippen molar-refractivity contribution in [2.45, 2.75) is 32.5 Å². The zero-order valence-corrected chi connectivity index (χ0v) is 11.6. The van der Waals surface area contributed by atoms with Gasteiger partial charge in [0.05, 0.1) is 12.0 Å². The van der Waals surface area contributed by atoms with E-state index in [1.54, 1.807) is 13.8 Å². The average Bonchev–Trinajstić information content (AvgIpc) is 2.34. The molecule has 0 aliphatic carbocycles. The first-order chi connectivity index (χ1) is 9.62. The molecule has 0 saturated heterocycles. The third-order valence-corrected chi connectivity index (χ3v) is 2.92. The standard InChI is InChI=1S/C14H16F3NO3/c1-8(2)12(13(20)21)18-11(19)7-9-5-3-4-6-10(9)14(15,16)17/h3-6,8,12H,7H2,1-2H3,(H,18,19)(H,20,21)/t12-/m1/s1. The van der Waals surface area contributed by atoms with Crippen molar-refractivity contribution in [3.63, 3.8) is 0 Å². The molecule has 7 heteroatoms. The fourth-order valence-electron chi connectivity index (χ4n) is 1.86. The van der Waals surface area contributed by atoms with Crippen LogP contribution in [0.1, 0.15) is 25.0 Å². The van der Waals surface area contributed by atoms with Crippen molar-refractivity contribution in [2.75, 3.05) is 0 Å². The molecule has 4 nitrogen and oxygen atoms in total. The monoisotopic (exact) mass is 303 g/mol. The predicted molar refractivity (Wildman–Crippen MR) is 69.6 cm³/mol. The fourth-order valence-corrected chi connectivity index (χ4v) is 1.86. The first-order valence-electron chi connectivity index (χ1n) is 6.30. The van der Waals surface area contributed by atoms with Gasteiger partial charge in [-0.3, -0.25) is 4.79 Å². The smallest absolute Gasteiger partial charge is 0.416 e. The highest BCUT2D eigenvalue weighted by Gasteiger charge is 2.33. The molecule has 1 aromatic rings. The highest BCUT2D eigenvalue weighted by Crippen LogP contribution is 2.32. The van der Waals surface area contributed by atoms with Gasteiger partial charge >= 0.3 is 12.1 Å². The molecule has 0 heterocycles. The summed E-state index contributed by atoms with van der Waals surface area (Å²) in [7, 11) is 0. The lowest BCUT2D eigenvalue weighted by molar-refractivity contribution is -0.143. The van der Waals surface area contributed by atoms with Crippen LogP contribution in [0.3, 0.4) is 0 Å². The number of rotatable bonds is 5. The molecular formula is C14H16F3NO3. The Morgan fingerprint density at radius 1 is 1.24 bits per heavy atom. The minimum absolute atomic E-state index is 0.185. The van der Waals surface area contributed by atoms with Crippen molar-refractivity contribution in [3.8, 4) is 0 Å². The molecular weight excluding hydrogens is 287 g/mol. The Labute approximate surface area is 120 Å². The number of benzene rings is 1. The van der Waals surface area contributed by atoms with E-state index in [0.29, 0.717) is 0 Å². The van der Waals surface area contributed by atoms with E-state index in [4.69, 9.17) is 5.11 Å². The van der Waals surface area contributed by atoms with E-state index in [1.807, 2.05) is 0 Å². The van der Waals surface area contributed by atoms with Gasteiger partial charge in [-0.1, -0.05) is 32.0 Å². The molecule has 1 atom stereocenters. The molecule has 0 unspecified atom stereocenters. The van der Waals surface area contributed by atoms with Crippen LogP contribution in [-0.2, 0) is 22.2 Å². The molecule has 116 valence electrons. The summed E-state index contributed by atoms with van der Waals surface area (Å²) in [5, 5.41) is 11.2. The van der Waals surface area contributed by atoms with Gasteiger partial charge in [-0.05, 0) is 17.5 Å². The van der Waals surface area contributed by atoms with Gasteiger partial charge in [0.15, 0.2) is 0 Å². The molecule has 0 bridgehead atoms. The van der Waals surface area contributed by atoms with Crippen molar-refractivity contribution in [1.82, 2.24) is 5.32 Å². The lowest BCUT2D eigenvalue weighted by Crippen LogP contribution is -2.45. The Kier molecular flexibility index (Phi) is 5.34. The van der Waals surface area contributed by atoms with Gasteiger partial charge in [0.25, 0.3) is 0 Å². The van der Waals surface area contributed by atoms with Gasteiger partial charge in [0, 0.05) is 0 Å². The second-order valence-electron chi connectivity index (χ2n) is 4.96. The van der Waals surface area contributed by atoms with Crippen LogP contribution in [0.2, 0.25) is 0 Å². The average molecular weight is 303 g/mol. The maximum absolute atomic E-state index is 12.8. The Morgan fingerprint density at radius 3 is 2.29 bits per heavy atom. The molecule has 21 heavy (non-hydrogen) atoms. The van der Waals surface area contributed by atoms with E-state index in [0.717, 1.165) is 6.07 Å². The Balaban J connectivity index is 2.87. The largest absolute Gasteiger partial charge is 0.480 e. The van der Waals surface area contributed by atoms with Crippen molar-refractivity contribution in [1.29, 1.82) is 0 Å². The number of alkyl halides is 3. The van der Waals surface area contributed by atoms with Crippen LogP contribution in [0.4, 0.5) is 13.2 Å². The van der Waals surface area contributed by atoms with Crippen LogP contribution in [-0.4, -0.2) is 23.0 Å². The molecule has 0 fully saturated rings. The molecule has 0 spiro atoms. The zero-order chi connectivity index (χ0) is 16.2. The van der Waals surface area contributed by atoms with E-state index in [2.05, 4.69) is 5.32 Å². The molecule has 0 aromatic heterocycles. The normalized spacial score (nSPS) is 13.0. The second-order valence-corrected chi connectivity index (χ2v) is 4.96. The summed E-state index contributed by atoms with van der Waals surface area (Å²) in [4.78, 5) is 22.7. The first kappa shape index (κ1) is 17.0. The Bertz CT molecular complexity index is 526. The number of carboxylic acid groups (broad SMARTS) is 1. The van der Waals surface area contributed by atoms with Gasteiger partial charge < -0.3 is 10.4 Å².